The summed E-state index contributed by atoms with van der Waals surface area (Å²) in [5, 5.41) is 19.6. The fourth-order valence-electron chi connectivity index (χ4n) is 2.44. The normalized spacial score (nSPS) is 10.2. The number of hydrogen-bond acceptors (Lipinski definition) is 7. The summed E-state index contributed by atoms with van der Waals surface area (Å²) in [5.41, 5.74) is 0.177. The van der Waals surface area contributed by atoms with E-state index in [1.165, 1.54) is 66.7 Å². The number of benzene rings is 3. The predicted molar refractivity (Wildman–Crippen MR) is 106 cm³/mol. The van der Waals surface area contributed by atoms with Gasteiger partial charge >= 0.3 is 17.9 Å². The second-order valence-corrected chi connectivity index (χ2v) is 6.53. The number of halogens is 1. The number of carbonyl (C=O) groups is 4. The number of carboxylic acids is 2. The first kappa shape index (κ1) is 21.5. The van der Waals surface area contributed by atoms with Gasteiger partial charge in [-0.25, -0.2) is 14.4 Å². The van der Waals surface area contributed by atoms with Gasteiger partial charge in [0, 0.05) is 6.07 Å². The molecule has 0 bridgehead atoms. The molecule has 31 heavy (non-hydrogen) atoms. The Hall–Kier alpha value is -4.17. The lowest BCUT2D eigenvalue weighted by Crippen LogP contribution is -2.22. The van der Waals surface area contributed by atoms with Gasteiger partial charge in [0.1, 0.15) is 11.5 Å². The molecule has 0 aliphatic rings. The monoisotopic (exact) mass is 439 g/mol. The minimum absolute atomic E-state index is 0.00638. The molecule has 0 atom stereocenters. The first-order chi connectivity index (χ1) is 14.7. The maximum atomic E-state index is 12.2. The molecule has 0 aliphatic heterocycles. The second-order valence-electron chi connectivity index (χ2n) is 6.12. The topological polar surface area (TPSA) is 130 Å². The molecule has 0 amide bonds. The third-order valence-electron chi connectivity index (χ3n) is 4.04. The van der Waals surface area contributed by atoms with Gasteiger partial charge in [0.2, 0.25) is 0 Å². The maximum Gasteiger partial charge on any atom is 0.343 e. The molecule has 3 rings (SSSR count). The molecule has 0 aliphatic carbocycles. The number of esters is 2. The van der Waals surface area contributed by atoms with Crippen LogP contribution in [0.15, 0.2) is 66.7 Å². The van der Waals surface area contributed by atoms with Gasteiger partial charge in [-0.3, -0.25) is 0 Å². The van der Waals surface area contributed by atoms with Crippen molar-refractivity contribution in [3.63, 3.8) is 0 Å². The Bertz CT molecular complexity index is 1170. The predicted octanol–water partition coefficient (Wildman–Crippen LogP) is 2.84. The molecule has 0 aromatic heterocycles. The van der Waals surface area contributed by atoms with Crippen molar-refractivity contribution >= 4 is 35.5 Å². The number of carboxylic acid groups (broad SMARTS) is 2. The van der Waals surface area contributed by atoms with Gasteiger partial charge in [-0.1, -0.05) is 23.7 Å². The van der Waals surface area contributed by atoms with Crippen molar-refractivity contribution in [3.05, 3.63) is 94.0 Å². The largest absolute Gasteiger partial charge is 0.545 e. The van der Waals surface area contributed by atoms with E-state index in [0.717, 1.165) is 0 Å². The van der Waals surface area contributed by atoms with Crippen LogP contribution in [0.2, 0.25) is 5.02 Å². The van der Waals surface area contributed by atoms with Gasteiger partial charge in [0.25, 0.3) is 0 Å². The van der Waals surface area contributed by atoms with E-state index in [1.54, 1.807) is 0 Å². The van der Waals surface area contributed by atoms with Gasteiger partial charge in [-0.05, 0) is 54.1 Å². The Morgan fingerprint density at radius 3 is 1.68 bits per heavy atom. The fourth-order valence-corrected chi connectivity index (χ4v) is 2.65. The van der Waals surface area contributed by atoms with Crippen LogP contribution in [0, 0.1) is 0 Å². The lowest BCUT2D eigenvalue weighted by molar-refractivity contribution is -0.255. The van der Waals surface area contributed by atoms with Gasteiger partial charge < -0.3 is 24.5 Å². The highest BCUT2D eigenvalue weighted by Gasteiger charge is 2.15. The Labute approximate surface area is 180 Å². The average molecular weight is 440 g/mol. The quantitative estimate of drug-likeness (QED) is 0.458. The number of rotatable bonds is 6. The molecular formula is C22H12ClO8-. The summed E-state index contributed by atoms with van der Waals surface area (Å²) < 4.78 is 10.4. The standard InChI is InChI=1S/C22H13ClO8/c23-17-11-16(30-21(28)14-5-1-12(2-6-14)19(24)25)9-10-18(17)31-22(29)15-7-3-13(4-8-15)20(26)27/h1-11H,(H,24,25)(H,26,27)/p-1. The Balaban J connectivity index is 1.67. The van der Waals surface area contributed by atoms with Crippen molar-refractivity contribution in [1.82, 2.24) is 0 Å². The lowest BCUT2D eigenvalue weighted by atomic mass is 10.1. The minimum atomic E-state index is -1.37. The van der Waals surface area contributed by atoms with Gasteiger partial charge in [0.15, 0.2) is 0 Å². The number of aromatic carboxylic acids is 2. The van der Waals surface area contributed by atoms with Crippen molar-refractivity contribution in [1.29, 1.82) is 0 Å². The molecule has 156 valence electrons. The summed E-state index contributed by atoms with van der Waals surface area (Å²) in [6.45, 7) is 0. The zero-order chi connectivity index (χ0) is 22.5. The molecule has 3 aromatic carbocycles. The third-order valence-corrected chi connectivity index (χ3v) is 4.34. The first-order valence-corrected chi connectivity index (χ1v) is 9.01. The van der Waals surface area contributed by atoms with E-state index in [1.807, 2.05) is 0 Å². The zero-order valence-corrected chi connectivity index (χ0v) is 16.3. The van der Waals surface area contributed by atoms with Crippen LogP contribution >= 0.6 is 11.6 Å². The highest BCUT2D eigenvalue weighted by atomic mass is 35.5. The van der Waals surface area contributed by atoms with E-state index < -0.39 is 23.9 Å². The molecule has 0 saturated carbocycles. The number of ether oxygens (including phenoxy) is 2. The number of carbonyl (C=O) groups excluding carboxylic acids is 3. The fraction of sp³-hybridized carbons (Fsp3) is 0. The van der Waals surface area contributed by atoms with Gasteiger partial charge in [-0.15, -0.1) is 0 Å². The lowest BCUT2D eigenvalue weighted by Gasteiger charge is -2.09. The summed E-state index contributed by atoms with van der Waals surface area (Å²) in [5.74, 6) is -3.91. The SMILES string of the molecule is O=C([O-])c1ccc(C(=O)Oc2ccc(OC(=O)c3ccc(C(=O)O)cc3)c(Cl)c2)cc1. The van der Waals surface area contributed by atoms with Crippen LogP contribution in [0.25, 0.3) is 0 Å². The van der Waals surface area contributed by atoms with E-state index in [-0.39, 0.29) is 38.8 Å². The highest BCUT2D eigenvalue weighted by Crippen LogP contribution is 2.30. The van der Waals surface area contributed by atoms with E-state index in [9.17, 15) is 24.3 Å². The van der Waals surface area contributed by atoms with Crippen LogP contribution in [-0.4, -0.2) is 29.0 Å². The van der Waals surface area contributed by atoms with E-state index in [0.29, 0.717) is 0 Å². The van der Waals surface area contributed by atoms with Crippen LogP contribution in [0.1, 0.15) is 41.4 Å². The van der Waals surface area contributed by atoms with Crippen LogP contribution in [-0.2, 0) is 0 Å². The van der Waals surface area contributed by atoms with E-state index >= 15 is 0 Å². The van der Waals surface area contributed by atoms with Crippen LogP contribution in [0.3, 0.4) is 0 Å². The summed E-state index contributed by atoms with van der Waals surface area (Å²) in [4.78, 5) is 46.0. The Kier molecular flexibility index (Phi) is 6.32. The Morgan fingerprint density at radius 2 is 1.19 bits per heavy atom. The first-order valence-electron chi connectivity index (χ1n) is 8.63. The molecular weight excluding hydrogens is 428 g/mol. The summed E-state index contributed by atoms with van der Waals surface area (Å²) >= 11 is 6.09. The molecule has 0 radical (unpaired) electrons. The minimum Gasteiger partial charge on any atom is -0.545 e. The van der Waals surface area contributed by atoms with Crippen LogP contribution in [0.4, 0.5) is 0 Å². The molecule has 8 nitrogen and oxygen atoms in total. The van der Waals surface area contributed by atoms with Crippen molar-refractivity contribution in [3.8, 4) is 11.5 Å². The van der Waals surface area contributed by atoms with E-state index in [4.69, 9.17) is 26.2 Å². The second kappa shape index (κ2) is 9.10. The summed E-state index contributed by atoms with van der Waals surface area (Å²) in [7, 11) is 0. The van der Waals surface area contributed by atoms with Crippen molar-refractivity contribution in [2.45, 2.75) is 0 Å². The van der Waals surface area contributed by atoms with Crippen molar-refractivity contribution < 1.29 is 38.9 Å². The molecule has 0 heterocycles. The highest BCUT2D eigenvalue weighted by molar-refractivity contribution is 6.32. The summed E-state index contributed by atoms with van der Waals surface area (Å²) in [6, 6.07) is 14.1. The average Bonchev–Trinajstić information content (AvgIpc) is 2.75. The van der Waals surface area contributed by atoms with Crippen LogP contribution < -0.4 is 14.6 Å². The number of hydrogen-bond donors (Lipinski definition) is 1. The summed E-state index contributed by atoms with van der Waals surface area (Å²) in [6.07, 6.45) is 0. The molecule has 0 saturated heterocycles. The van der Waals surface area contributed by atoms with E-state index in [2.05, 4.69) is 0 Å². The van der Waals surface area contributed by atoms with Gasteiger partial charge in [-0.2, -0.15) is 0 Å². The molecule has 0 unspecified atom stereocenters. The smallest absolute Gasteiger partial charge is 0.343 e. The van der Waals surface area contributed by atoms with Crippen molar-refractivity contribution in [2.75, 3.05) is 0 Å². The maximum absolute atomic E-state index is 12.2. The van der Waals surface area contributed by atoms with Crippen molar-refractivity contribution in [2.24, 2.45) is 0 Å². The molecule has 3 aromatic rings. The molecule has 0 spiro atoms. The molecule has 0 fully saturated rings. The molecule has 1 N–H and O–H groups in total. The zero-order valence-electron chi connectivity index (χ0n) is 15.5. The third kappa shape index (κ3) is 5.26. The van der Waals surface area contributed by atoms with Gasteiger partial charge in [0.05, 0.1) is 27.7 Å². The molecule has 9 heteroatoms. The Morgan fingerprint density at radius 1 is 0.710 bits per heavy atom. The van der Waals surface area contributed by atoms with Crippen LogP contribution in [0.5, 0.6) is 11.5 Å².